The van der Waals surface area contributed by atoms with Crippen molar-refractivity contribution in [3.8, 4) is 0 Å². The van der Waals surface area contributed by atoms with Crippen LogP contribution in [0.15, 0.2) is 18.2 Å². The maximum absolute atomic E-state index is 12.4. The number of carbonyl (C=O) groups excluding carboxylic acids is 2. The average molecular weight is 376 g/mol. The summed E-state index contributed by atoms with van der Waals surface area (Å²) in [5, 5.41) is 3.92. The lowest BCUT2D eigenvalue weighted by atomic mass is 10.1. The van der Waals surface area contributed by atoms with Crippen LogP contribution in [0.4, 0.5) is 0 Å². The van der Waals surface area contributed by atoms with E-state index in [4.69, 9.17) is 27.9 Å². The molecule has 2 rings (SSSR count). The van der Waals surface area contributed by atoms with Crippen LogP contribution < -0.4 is 5.32 Å². The Bertz CT molecular complexity index is 576. The van der Waals surface area contributed by atoms with E-state index in [-0.39, 0.29) is 17.7 Å². The molecule has 0 aliphatic heterocycles. The molecule has 1 saturated carbocycles. The molecule has 23 heavy (non-hydrogen) atoms. The third-order valence-corrected chi connectivity index (χ3v) is 4.93. The predicted molar refractivity (Wildman–Crippen MR) is 94.3 cm³/mol. The summed E-state index contributed by atoms with van der Waals surface area (Å²) < 4.78 is 4.76. The lowest BCUT2D eigenvalue weighted by Gasteiger charge is -2.16. The highest BCUT2D eigenvalue weighted by Crippen LogP contribution is 2.48. The number of esters is 1. The number of thioether (sulfide) groups is 1. The summed E-state index contributed by atoms with van der Waals surface area (Å²) in [6.07, 6.45) is 3.24. The number of carbonyl (C=O) groups is 2. The molecule has 0 heterocycles. The molecule has 0 unspecified atom stereocenters. The molecular formula is C16H19Cl2NO3S. The molecule has 3 atom stereocenters. The molecule has 1 aromatic rings. The molecule has 1 aliphatic carbocycles. The minimum absolute atomic E-state index is 0.102. The molecule has 1 fully saturated rings. The number of benzene rings is 1. The van der Waals surface area contributed by atoms with E-state index in [0.717, 1.165) is 17.7 Å². The molecule has 0 aromatic heterocycles. The Kier molecular flexibility index (Phi) is 6.62. The number of methoxy groups -OCH3 is 1. The summed E-state index contributed by atoms with van der Waals surface area (Å²) in [5.74, 6) is 0.201. The lowest BCUT2D eigenvalue weighted by Crippen LogP contribution is -2.42. The van der Waals surface area contributed by atoms with E-state index in [2.05, 4.69) is 5.32 Å². The Labute approximate surface area is 150 Å². The van der Waals surface area contributed by atoms with E-state index in [1.54, 1.807) is 17.8 Å². The van der Waals surface area contributed by atoms with Gasteiger partial charge in [-0.2, -0.15) is 11.8 Å². The fourth-order valence-electron chi connectivity index (χ4n) is 2.55. The number of ether oxygens (including phenoxy) is 1. The minimum atomic E-state index is -0.593. The van der Waals surface area contributed by atoms with Gasteiger partial charge in [-0.3, -0.25) is 4.79 Å². The van der Waals surface area contributed by atoms with Crippen LogP contribution in [-0.4, -0.2) is 37.0 Å². The first-order valence-corrected chi connectivity index (χ1v) is 9.44. The summed E-state index contributed by atoms with van der Waals surface area (Å²) in [4.78, 5) is 24.1. The molecule has 1 aliphatic rings. The first-order valence-electron chi connectivity index (χ1n) is 7.29. The van der Waals surface area contributed by atoms with Gasteiger partial charge in [0.05, 0.1) is 7.11 Å². The Morgan fingerprint density at radius 3 is 2.57 bits per heavy atom. The van der Waals surface area contributed by atoms with Crippen LogP contribution in [0.1, 0.15) is 24.3 Å². The maximum atomic E-state index is 12.4. The van der Waals surface area contributed by atoms with Crippen LogP contribution in [0.2, 0.25) is 10.0 Å². The second-order valence-corrected chi connectivity index (χ2v) is 7.38. The molecule has 1 amide bonds. The minimum Gasteiger partial charge on any atom is -0.467 e. The Balaban J connectivity index is 1.97. The van der Waals surface area contributed by atoms with Crippen molar-refractivity contribution in [2.24, 2.45) is 5.92 Å². The van der Waals surface area contributed by atoms with E-state index >= 15 is 0 Å². The van der Waals surface area contributed by atoms with E-state index in [9.17, 15) is 9.59 Å². The normalized spacial score (nSPS) is 20.7. The van der Waals surface area contributed by atoms with Crippen LogP contribution in [0.5, 0.6) is 0 Å². The molecular weight excluding hydrogens is 357 g/mol. The topological polar surface area (TPSA) is 55.4 Å². The van der Waals surface area contributed by atoms with Gasteiger partial charge in [-0.05, 0) is 54.5 Å². The van der Waals surface area contributed by atoms with E-state index in [1.807, 2.05) is 18.4 Å². The van der Waals surface area contributed by atoms with Gasteiger partial charge in [-0.1, -0.05) is 23.2 Å². The number of nitrogens with one attached hydrogen (secondary N) is 1. The van der Waals surface area contributed by atoms with Gasteiger partial charge < -0.3 is 10.1 Å². The Morgan fingerprint density at radius 2 is 2.00 bits per heavy atom. The molecule has 0 spiro atoms. The van der Waals surface area contributed by atoms with E-state index in [1.165, 1.54) is 7.11 Å². The maximum Gasteiger partial charge on any atom is 0.328 e. The third-order valence-electron chi connectivity index (χ3n) is 3.85. The highest BCUT2D eigenvalue weighted by molar-refractivity contribution is 7.98. The number of rotatable bonds is 7. The molecule has 1 aromatic carbocycles. The first-order chi connectivity index (χ1) is 11.0. The number of hydrogen-bond donors (Lipinski definition) is 1. The highest BCUT2D eigenvalue weighted by Gasteiger charge is 2.45. The van der Waals surface area contributed by atoms with Gasteiger partial charge in [0.25, 0.3) is 0 Å². The number of hydrogen-bond acceptors (Lipinski definition) is 4. The summed E-state index contributed by atoms with van der Waals surface area (Å²) in [6.45, 7) is 0. The Morgan fingerprint density at radius 1 is 1.35 bits per heavy atom. The van der Waals surface area contributed by atoms with Crippen LogP contribution in [0.3, 0.4) is 0 Å². The summed E-state index contributed by atoms with van der Waals surface area (Å²) in [6, 6.07) is 4.73. The van der Waals surface area contributed by atoms with Crippen molar-refractivity contribution >= 4 is 46.8 Å². The van der Waals surface area contributed by atoms with Gasteiger partial charge >= 0.3 is 5.97 Å². The van der Waals surface area contributed by atoms with Gasteiger partial charge in [0, 0.05) is 16.0 Å². The second-order valence-electron chi connectivity index (χ2n) is 5.52. The van der Waals surface area contributed by atoms with Crippen LogP contribution in [0.25, 0.3) is 0 Å². The van der Waals surface area contributed by atoms with Crippen LogP contribution >= 0.6 is 35.0 Å². The standard InChI is InChI=1S/C16H19Cl2NO3S/c1-22-16(21)14(3-4-23-2)19-15(20)13-8-12(13)9-5-10(17)7-11(18)6-9/h5-7,12-14H,3-4,8H2,1-2H3,(H,19,20)/t12-,13+,14-/m1/s1. The smallest absolute Gasteiger partial charge is 0.328 e. The van der Waals surface area contributed by atoms with Crippen molar-refractivity contribution in [2.75, 3.05) is 19.1 Å². The fourth-order valence-corrected chi connectivity index (χ4v) is 3.56. The van der Waals surface area contributed by atoms with Gasteiger partial charge in [0.1, 0.15) is 6.04 Å². The summed E-state index contributed by atoms with van der Waals surface area (Å²) in [7, 11) is 1.33. The van der Waals surface area contributed by atoms with Gasteiger partial charge in [0.15, 0.2) is 0 Å². The SMILES string of the molecule is COC(=O)[C@@H](CCSC)NC(=O)[C@H]1C[C@@H]1c1cc(Cl)cc(Cl)c1. The molecule has 0 bridgehead atoms. The van der Waals surface area contributed by atoms with Gasteiger partial charge in [-0.15, -0.1) is 0 Å². The zero-order chi connectivity index (χ0) is 17.0. The van der Waals surface area contributed by atoms with Crippen molar-refractivity contribution in [3.05, 3.63) is 33.8 Å². The first kappa shape index (κ1) is 18.4. The molecule has 4 nitrogen and oxygen atoms in total. The second kappa shape index (κ2) is 8.27. The largest absolute Gasteiger partial charge is 0.467 e. The Hall–Kier alpha value is -0.910. The van der Waals surface area contributed by atoms with E-state index in [0.29, 0.717) is 16.5 Å². The molecule has 0 radical (unpaired) electrons. The number of halogens is 2. The van der Waals surface area contributed by atoms with Crippen molar-refractivity contribution in [1.29, 1.82) is 0 Å². The molecule has 126 valence electrons. The number of amides is 1. The fraction of sp³-hybridized carbons (Fsp3) is 0.500. The molecule has 0 saturated heterocycles. The highest BCUT2D eigenvalue weighted by atomic mass is 35.5. The third kappa shape index (κ3) is 5.03. The zero-order valence-electron chi connectivity index (χ0n) is 13.0. The average Bonchev–Trinajstić information content (AvgIpc) is 3.30. The van der Waals surface area contributed by atoms with Crippen molar-refractivity contribution in [1.82, 2.24) is 5.32 Å². The molecule has 7 heteroatoms. The zero-order valence-corrected chi connectivity index (χ0v) is 15.3. The monoisotopic (exact) mass is 375 g/mol. The van der Waals surface area contributed by atoms with Crippen LogP contribution in [0, 0.1) is 5.92 Å². The molecule has 1 N–H and O–H groups in total. The van der Waals surface area contributed by atoms with Crippen molar-refractivity contribution in [3.63, 3.8) is 0 Å². The summed E-state index contributed by atoms with van der Waals surface area (Å²) >= 11 is 13.6. The van der Waals surface area contributed by atoms with Crippen molar-refractivity contribution < 1.29 is 14.3 Å². The lowest BCUT2D eigenvalue weighted by molar-refractivity contribution is -0.145. The van der Waals surface area contributed by atoms with Crippen LogP contribution in [-0.2, 0) is 14.3 Å². The van der Waals surface area contributed by atoms with Crippen molar-refractivity contribution in [2.45, 2.75) is 24.8 Å². The van der Waals surface area contributed by atoms with Gasteiger partial charge in [-0.25, -0.2) is 4.79 Å². The van der Waals surface area contributed by atoms with E-state index < -0.39 is 12.0 Å². The van der Waals surface area contributed by atoms with Gasteiger partial charge in [0.2, 0.25) is 5.91 Å². The summed E-state index contributed by atoms with van der Waals surface area (Å²) in [5.41, 5.74) is 0.960. The quantitative estimate of drug-likeness (QED) is 0.740. The predicted octanol–water partition coefficient (Wildman–Crippen LogP) is 3.51.